The summed E-state index contributed by atoms with van der Waals surface area (Å²) >= 11 is 12.5. The lowest BCUT2D eigenvalue weighted by Crippen LogP contribution is -2.40. The summed E-state index contributed by atoms with van der Waals surface area (Å²) in [6, 6.07) is 5.68. The summed E-state index contributed by atoms with van der Waals surface area (Å²) in [6.07, 6.45) is 2.11. The van der Waals surface area contributed by atoms with E-state index in [-0.39, 0.29) is 11.5 Å². The lowest BCUT2D eigenvalue weighted by Gasteiger charge is -2.32. The first kappa shape index (κ1) is 14.1. The van der Waals surface area contributed by atoms with Crippen LogP contribution in [0, 0.1) is 5.41 Å². The molecule has 2 atom stereocenters. The molecule has 1 aliphatic rings. The number of hydrogen-bond donors (Lipinski definition) is 1. The molecule has 1 aromatic rings. The van der Waals surface area contributed by atoms with Crippen LogP contribution in [0.4, 0.5) is 0 Å². The Kier molecular flexibility index (Phi) is 4.54. The quantitative estimate of drug-likeness (QED) is 0.914. The number of nitrogens with one attached hydrogen (secondary N) is 1. The Balaban J connectivity index is 2.29. The van der Waals surface area contributed by atoms with Crippen molar-refractivity contribution in [3.63, 3.8) is 0 Å². The molecule has 0 bridgehead atoms. The molecule has 0 aliphatic carbocycles. The van der Waals surface area contributed by atoms with Crippen molar-refractivity contribution in [3.8, 4) is 0 Å². The molecule has 18 heavy (non-hydrogen) atoms. The van der Waals surface area contributed by atoms with E-state index in [1.165, 1.54) is 0 Å². The van der Waals surface area contributed by atoms with Crippen LogP contribution < -0.4 is 5.32 Å². The van der Waals surface area contributed by atoms with Gasteiger partial charge in [0, 0.05) is 28.6 Å². The lowest BCUT2D eigenvalue weighted by atomic mass is 9.76. The first-order valence-corrected chi connectivity index (χ1v) is 7.04. The van der Waals surface area contributed by atoms with Gasteiger partial charge in [0.05, 0.1) is 6.10 Å². The van der Waals surface area contributed by atoms with E-state index in [1.54, 1.807) is 0 Å². The van der Waals surface area contributed by atoms with Gasteiger partial charge in [-0.3, -0.25) is 0 Å². The predicted molar refractivity (Wildman–Crippen MR) is 76.6 cm³/mol. The third-order valence-corrected chi connectivity index (χ3v) is 4.66. The fourth-order valence-corrected chi connectivity index (χ4v) is 3.28. The molecular formula is C14H19Cl2NO. The Morgan fingerprint density at radius 1 is 1.39 bits per heavy atom. The Hall–Kier alpha value is -0.280. The summed E-state index contributed by atoms with van der Waals surface area (Å²) in [7, 11) is 1.97. The SMILES string of the molecule is CNCC1(Cc2c(Cl)cccc2Cl)CCOC1C. The fraction of sp³-hybridized carbons (Fsp3) is 0.571. The minimum Gasteiger partial charge on any atom is -0.378 e. The largest absolute Gasteiger partial charge is 0.378 e. The second-order valence-electron chi connectivity index (χ2n) is 5.03. The Morgan fingerprint density at radius 2 is 2.06 bits per heavy atom. The zero-order valence-electron chi connectivity index (χ0n) is 10.8. The summed E-state index contributed by atoms with van der Waals surface area (Å²) in [5.41, 5.74) is 1.12. The van der Waals surface area contributed by atoms with Crippen LogP contribution in [0.2, 0.25) is 10.0 Å². The van der Waals surface area contributed by atoms with Crippen LogP contribution in [0.15, 0.2) is 18.2 Å². The monoisotopic (exact) mass is 287 g/mol. The lowest BCUT2D eigenvalue weighted by molar-refractivity contribution is 0.0640. The second-order valence-corrected chi connectivity index (χ2v) is 5.85. The van der Waals surface area contributed by atoms with Crippen molar-refractivity contribution in [1.29, 1.82) is 0 Å². The van der Waals surface area contributed by atoms with Crippen LogP contribution in [-0.2, 0) is 11.2 Å². The molecule has 0 amide bonds. The maximum absolute atomic E-state index is 6.27. The van der Waals surface area contributed by atoms with Gasteiger partial charge >= 0.3 is 0 Å². The molecule has 2 nitrogen and oxygen atoms in total. The fourth-order valence-electron chi connectivity index (χ4n) is 2.75. The minimum atomic E-state index is 0.0867. The van der Waals surface area contributed by atoms with E-state index < -0.39 is 0 Å². The van der Waals surface area contributed by atoms with Gasteiger partial charge in [-0.2, -0.15) is 0 Å². The van der Waals surface area contributed by atoms with Crippen LogP contribution in [0.25, 0.3) is 0 Å². The maximum Gasteiger partial charge on any atom is 0.0619 e. The predicted octanol–water partition coefficient (Wildman–Crippen LogP) is 3.55. The van der Waals surface area contributed by atoms with Gasteiger partial charge in [-0.1, -0.05) is 29.3 Å². The van der Waals surface area contributed by atoms with Gasteiger partial charge in [0.2, 0.25) is 0 Å². The molecule has 0 saturated carbocycles. The molecule has 4 heteroatoms. The molecule has 1 saturated heterocycles. The zero-order chi connectivity index (χ0) is 13.2. The molecule has 2 rings (SSSR count). The van der Waals surface area contributed by atoms with Crippen LogP contribution in [0.1, 0.15) is 18.9 Å². The van der Waals surface area contributed by atoms with E-state index in [4.69, 9.17) is 27.9 Å². The third-order valence-electron chi connectivity index (χ3n) is 3.95. The van der Waals surface area contributed by atoms with Gasteiger partial charge in [-0.25, -0.2) is 0 Å². The standard InChI is InChI=1S/C14H19Cl2NO/c1-10-14(9-17-2,6-7-18-10)8-11-12(15)4-3-5-13(11)16/h3-5,10,17H,6-9H2,1-2H3. The third kappa shape index (κ3) is 2.67. The topological polar surface area (TPSA) is 21.3 Å². The average Bonchev–Trinajstić information content (AvgIpc) is 2.67. The highest BCUT2D eigenvalue weighted by atomic mass is 35.5. The number of rotatable bonds is 4. The first-order chi connectivity index (χ1) is 8.59. The van der Waals surface area contributed by atoms with Crippen LogP contribution in [0.5, 0.6) is 0 Å². The number of ether oxygens (including phenoxy) is 1. The van der Waals surface area contributed by atoms with Crippen LogP contribution in [0.3, 0.4) is 0 Å². The highest BCUT2D eigenvalue weighted by Gasteiger charge is 2.41. The summed E-state index contributed by atoms with van der Waals surface area (Å²) in [4.78, 5) is 0. The Labute approximate surface area is 119 Å². The Morgan fingerprint density at radius 3 is 2.56 bits per heavy atom. The normalized spacial score (nSPS) is 27.7. The molecular weight excluding hydrogens is 269 g/mol. The van der Waals surface area contributed by atoms with Gasteiger partial charge in [0.15, 0.2) is 0 Å². The molecule has 100 valence electrons. The van der Waals surface area contributed by atoms with Crippen LogP contribution >= 0.6 is 23.2 Å². The molecule has 1 aromatic carbocycles. The number of hydrogen-bond acceptors (Lipinski definition) is 2. The maximum atomic E-state index is 6.27. The number of halogens is 2. The highest BCUT2D eigenvalue weighted by Crippen LogP contribution is 2.40. The van der Waals surface area contributed by atoms with Crippen molar-refractivity contribution in [2.24, 2.45) is 5.41 Å². The van der Waals surface area contributed by atoms with Gasteiger partial charge < -0.3 is 10.1 Å². The van der Waals surface area contributed by atoms with Gasteiger partial charge in [-0.05, 0) is 44.5 Å². The van der Waals surface area contributed by atoms with Crippen molar-refractivity contribution in [2.75, 3.05) is 20.2 Å². The molecule has 1 fully saturated rings. The molecule has 2 unspecified atom stereocenters. The summed E-state index contributed by atoms with van der Waals surface area (Å²) < 4.78 is 5.75. The van der Waals surface area contributed by atoms with E-state index in [1.807, 2.05) is 25.2 Å². The zero-order valence-corrected chi connectivity index (χ0v) is 12.3. The summed E-state index contributed by atoms with van der Waals surface area (Å²) in [5.74, 6) is 0. The van der Waals surface area contributed by atoms with Crippen molar-refractivity contribution < 1.29 is 4.74 Å². The molecule has 1 heterocycles. The number of benzene rings is 1. The summed E-state index contributed by atoms with van der Waals surface area (Å²) in [5, 5.41) is 4.77. The minimum absolute atomic E-state index is 0.0867. The summed E-state index contributed by atoms with van der Waals surface area (Å²) in [6.45, 7) is 3.86. The Bertz CT molecular complexity index is 404. The van der Waals surface area contributed by atoms with Crippen LogP contribution in [-0.4, -0.2) is 26.3 Å². The molecule has 0 aromatic heterocycles. The first-order valence-electron chi connectivity index (χ1n) is 6.28. The van der Waals surface area contributed by atoms with E-state index in [9.17, 15) is 0 Å². The highest BCUT2D eigenvalue weighted by molar-refractivity contribution is 6.36. The van der Waals surface area contributed by atoms with E-state index in [0.717, 1.165) is 41.6 Å². The molecule has 0 radical (unpaired) electrons. The van der Waals surface area contributed by atoms with E-state index >= 15 is 0 Å². The van der Waals surface area contributed by atoms with Gasteiger partial charge in [0.1, 0.15) is 0 Å². The molecule has 1 N–H and O–H groups in total. The van der Waals surface area contributed by atoms with Gasteiger partial charge in [-0.15, -0.1) is 0 Å². The van der Waals surface area contributed by atoms with Crippen molar-refractivity contribution >= 4 is 23.2 Å². The van der Waals surface area contributed by atoms with Crippen molar-refractivity contribution in [3.05, 3.63) is 33.8 Å². The smallest absolute Gasteiger partial charge is 0.0619 e. The average molecular weight is 288 g/mol. The molecule has 0 spiro atoms. The van der Waals surface area contributed by atoms with E-state index in [2.05, 4.69) is 12.2 Å². The van der Waals surface area contributed by atoms with Gasteiger partial charge in [0.25, 0.3) is 0 Å². The van der Waals surface area contributed by atoms with Crippen molar-refractivity contribution in [1.82, 2.24) is 5.32 Å². The molecule has 1 aliphatic heterocycles. The van der Waals surface area contributed by atoms with E-state index in [0.29, 0.717) is 0 Å². The second kappa shape index (κ2) is 5.79. The van der Waals surface area contributed by atoms with Crippen molar-refractivity contribution in [2.45, 2.75) is 25.9 Å².